The molecule has 0 aliphatic heterocycles. The highest BCUT2D eigenvalue weighted by atomic mass is 16.3. The highest BCUT2D eigenvalue weighted by Gasteiger charge is 2.21. The van der Waals surface area contributed by atoms with E-state index in [4.69, 9.17) is 0 Å². The van der Waals surface area contributed by atoms with Crippen LogP contribution in [0.4, 0.5) is 5.69 Å². The van der Waals surface area contributed by atoms with Crippen LogP contribution in [0.15, 0.2) is 18.3 Å². The van der Waals surface area contributed by atoms with Crippen molar-refractivity contribution in [1.29, 1.82) is 0 Å². The van der Waals surface area contributed by atoms with E-state index in [0.29, 0.717) is 5.69 Å². The number of aliphatic hydroxyl groups is 1. The van der Waals surface area contributed by atoms with Gasteiger partial charge in [-0.25, -0.2) is 0 Å². The first-order valence-electron chi connectivity index (χ1n) is 5.76. The lowest BCUT2D eigenvalue weighted by molar-refractivity contribution is 0.194. The van der Waals surface area contributed by atoms with Crippen LogP contribution >= 0.6 is 0 Å². The van der Waals surface area contributed by atoms with Crippen LogP contribution < -0.4 is 4.90 Å². The summed E-state index contributed by atoms with van der Waals surface area (Å²) in [5.41, 5.74) is 1.91. The molecule has 1 unspecified atom stereocenters. The summed E-state index contributed by atoms with van der Waals surface area (Å²) in [6.07, 6.45) is 2.39. The van der Waals surface area contributed by atoms with Crippen LogP contribution in [0, 0.1) is 0 Å². The van der Waals surface area contributed by atoms with Gasteiger partial charge in [0.25, 0.3) is 0 Å². The second-order valence-electron chi connectivity index (χ2n) is 4.84. The van der Waals surface area contributed by atoms with Crippen LogP contribution in [0.1, 0.15) is 45.9 Å². The van der Waals surface area contributed by atoms with Crippen molar-refractivity contribution in [2.24, 2.45) is 0 Å². The standard InChI is InChI=1S/C13H22N2O/c1-6-13(3,4)15(5)11-7-8-12(10(2)16)14-9-11/h7-10,16H,6H2,1-5H3. The maximum atomic E-state index is 9.38. The second-order valence-corrected chi connectivity index (χ2v) is 4.84. The van der Waals surface area contributed by atoms with E-state index in [1.54, 1.807) is 6.92 Å². The van der Waals surface area contributed by atoms with Crippen molar-refractivity contribution in [3.05, 3.63) is 24.0 Å². The van der Waals surface area contributed by atoms with Crippen molar-refractivity contribution in [3.63, 3.8) is 0 Å². The van der Waals surface area contributed by atoms with Crippen LogP contribution in [0.5, 0.6) is 0 Å². The summed E-state index contributed by atoms with van der Waals surface area (Å²) in [5.74, 6) is 0. The molecule has 16 heavy (non-hydrogen) atoms. The second kappa shape index (κ2) is 4.83. The first-order valence-corrected chi connectivity index (χ1v) is 5.76. The van der Waals surface area contributed by atoms with Gasteiger partial charge in [-0.15, -0.1) is 0 Å². The molecule has 0 saturated carbocycles. The van der Waals surface area contributed by atoms with Crippen LogP contribution in [-0.2, 0) is 0 Å². The molecule has 0 saturated heterocycles. The molecule has 0 radical (unpaired) electrons. The molecule has 3 heteroatoms. The molecule has 0 fully saturated rings. The molecule has 3 nitrogen and oxygen atoms in total. The zero-order chi connectivity index (χ0) is 12.3. The van der Waals surface area contributed by atoms with Crippen LogP contribution in [0.2, 0.25) is 0 Å². The Bertz CT molecular complexity index is 330. The highest BCUT2D eigenvalue weighted by Crippen LogP contribution is 2.24. The SMILES string of the molecule is CCC(C)(C)N(C)c1ccc(C(C)O)nc1. The molecule has 90 valence electrons. The summed E-state index contributed by atoms with van der Waals surface area (Å²) in [7, 11) is 2.07. The summed E-state index contributed by atoms with van der Waals surface area (Å²) >= 11 is 0. The van der Waals surface area contributed by atoms with Gasteiger partial charge in [0.15, 0.2) is 0 Å². The van der Waals surface area contributed by atoms with Crippen molar-refractivity contribution in [2.45, 2.75) is 45.8 Å². The smallest absolute Gasteiger partial charge is 0.0931 e. The van der Waals surface area contributed by atoms with Gasteiger partial charge in [0, 0.05) is 12.6 Å². The molecule has 1 aromatic rings. The van der Waals surface area contributed by atoms with Gasteiger partial charge in [-0.3, -0.25) is 4.98 Å². The van der Waals surface area contributed by atoms with Gasteiger partial charge in [-0.05, 0) is 39.3 Å². The number of anilines is 1. The molecule has 0 amide bonds. The first-order chi connectivity index (χ1) is 7.38. The third-order valence-corrected chi connectivity index (χ3v) is 3.36. The van der Waals surface area contributed by atoms with Gasteiger partial charge < -0.3 is 10.0 Å². The van der Waals surface area contributed by atoms with Crippen molar-refractivity contribution in [1.82, 2.24) is 4.98 Å². The van der Waals surface area contributed by atoms with E-state index < -0.39 is 6.10 Å². The summed E-state index contributed by atoms with van der Waals surface area (Å²) in [6, 6.07) is 3.88. The first kappa shape index (κ1) is 13.0. The maximum Gasteiger partial charge on any atom is 0.0931 e. The van der Waals surface area contributed by atoms with Gasteiger partial charge in [-0.1, -0.05) is 6.92 Å². The summed E-state index contributed by atoms with van der Waals surface area (Å²) < 4.78 is 0. The van der Waals surface area contributed by atoms with Gasteiger partial charge in [0.05, 0.1) is 23.7 Å². The lowest BCUT2D eigenvalue weighted by Crippen LogP contribution is -2.40. The lowest BCUT2D eigenvalue weighted by atomic mass is 9.99. The number of hydrogen-bond acceptors (Lipinski definition) is 3. The average molecular weight is 222 g/mol. The number of rotatable bonds is 4. The third kappa shape index (κ3) is 2.73. The molecule has 0 spiro atoms. The number of hydrogen-bond donors (Lipinski definition) is 1. The Labute approximate surface area is 98.1 Å². The van der Waals surface area contributed by atoms with E-state index in [2.05, 4.69) is 37.7 Å². The number of nitrogens with zero attached hydrogens (tertiary/aromatic N) is 2. The van der Waals surface area contributed by atoms with Crippen LogP contribution in [-0.4, -0.2) is 22.7 Å². The number of aliphatic hydroxyl groups excluding tert-OH is 1. The normalized spacial score (nSPS) is 13.6. The fraction of sp³-hybridized carbons (Fsp3) is 0.615. The van der Waals surface area contributed by atoms with E-state index in [1.807, 2.05) is 18.3 Å². The number of aromatic nitrogens is 1. The zero-order valence-electron chi connectivity index (χ0n) is 10.9. The average Bonchev–Trinajstić information content (AvgIpc) is 2.28. The molecule has 1 atom stereocenters. The Morgan fingerprint density at radius 3 is 2.44 bits per heavy atom. The minimum absolute atomic E-state index is 0.119. The molecule has 1 N–H and O–H groups in total. The van der Waals surface area contributed by atoms with E-state index in [9.17, 15) is 5.11 Å². The maximum absolute atomic E-state index is 9.38. The Balaban J connectivity index is 2.90. The van der Waals surface area contributed by atoms with E-state index in [1.165, 1.54) is 0 Å². The van der Waals surface area contributed by atoms with Gasteiger partial charge in [0.1, 0.15) is 0 Å². The summed E-state index contributed by atoms with van der Waals surface area (Å²) in [6.45, 7) is 8.31. The Kier molecular flexibility index (Phi) is 3.92. The Hall–Kier alpha value is -1.09. The monoisotopic (exact) mass is 222 g/mol. The van der Waals surface area contributed by atoms with Crippen LogP contribution in [0.3, 0.4) is 0 Å². The fourth-order valence-electron chi connectivity index (χ4n) is 1.43. The highest BCUT2D eigenvalue weighted by molar-refractivity contribution is 5.46. The Morgan fingerprint density at radius 2 is 2.06 bits per heavy atom. The van der Waals surface area contributed by atoms with Gasteiger partial charge >= 0.3 is 0 Å². The predicted octanol–water partition coefficient (Wildman–Crippen LogP) is 2.76. The van der Waals surface area contributed by atoms with Crippen LogP contribution in [0.25, 0.3) is 0 Å². The molecule has 1 heterocycles. The van der Waals surface area contributed by atoms with Crippen molar-refractivity contribution < 1.29 is 5.11 Å². The molecule has 0 aromatic carbocycles. The van der Waals surface area contributed by atoms with Gasteiger partial charge in [0.2, 0.25) is 0 Å². The largest absolute Gasteiger partial charge is 0.387 e. The predicted molar refractivity (Wildman–Crippen MR) is 67.6 cm³/mol. The quantitative estimate of drug-likeness (QED) is 0.851. The topological polar surface area (TPSA) is 36.4 Å². The molecule has 1 rings (SSSR count). The number of pyridine rings is 1. The summed E-state index contributed by atoms with van der Waals surface area (Å²) in [5, 5.41) is 9.38. The van der Waals surface area contributed by atoms with Crippen molar-refractivity contribution in [3.8, 4) is 0 Å². The molecule has 0 bridgehead atoms. The molecule has 0 aliphatic carbocycles. The minimum Gasteiger partial charge on any atom is -0.387 e. The van der Waals surface area contributed by atoms with Crippen molar-refractivity contribution >= 4 is 5.69 Å². The summed E-state index contributed by atoms with van der Waals surface area (Å²) in [4.78, 5) is 6.47. The van der Waals surface area contributed by atoms with E-state index >= 15 is 0 Å². The fourth-order valence-corrected chi connectivity index (χ4v) is 1.43. The third-order valence-electron chi connectivity index (χ3n) is 3.36. The lowest BCUT2D eigenvalue weighted by Gasteiger charge is -2.36. The molecular weight excluding hydrogens is 200 g/mol. The minimum atomic E-state index is -0.501. The van der Waals surface area contributed by atoms with Crippen molar-refractivity contribution in [2.75, 3.05) is 11.9 Å². The molecular formula is C13H22N2O. The zero-order valence-corrected chi connectivity index (χ0v) is 10.9. The van der Waals surface area contributed by atoms with Gasteiger partial charge in [-0.2, -0.15) is 0 Å². The van der Waals surface area contributed by atoms with E-state index in [0.717, 1.165) is 12.1 Å². The molecule has 1 aromatic heterocycles. The van der Waals surface area contributed by atoms with E-state index in [-0.39, 0.29) is 5.54 Å². The Morgan fingerprint density at radius 1 is 1.44 bits per heavy atom. The molecule has 0 aliphatic rings.